The monoisotopic (exact) mass is 220 g/mol. The van der Waals surface area contributed by atoms with E-state index >= 15 is 0 Å². The van der Waals surface area contributed by atoms with Crippen molar-refractivity contribution >= 4 is 5.91 Å². The Balaban J connectivity index is 2.34. The van der Waals surface area contributed by atoms with Gasteiger partial charge in [0.2, 0.25) is 0 Å². The number of carbonyl (C=O) groups is 1. The van der Waals surface area contributed by atoms with Crippen molar-refractivity contribution in [3.8, 4) is 0 Å². The van der Waals surface area contributed by atoms with Gasteiger partial charge in [-0.2, -0.15) is 0 Å². The van der Waals surface area contributed by atoms with Gasteiger partial charge in [-0.05, 0) is 32.0 Å². The maximum atomic E-state index is 11.7. The third kappa shape index (κ3) is 4.45. The summed E-state index contributed by atoms with van der Waals surface area (Å²) < 4.78 is 0. The van der Waals surface area contributed by atoms with Gasteiger partial charge in [0.15, 0.2) is 0 Å². The molecule has 0 aliphatic heterocycles. The summed E-state index contributed by atoms with van der Waals surface area (Å²) in [5.41, 5.74) is 0.713. The molecule has 3 nitrogen and oxygen atoms in total. The number of benzene rings is 1. The lowest BCUT2D eigenvalue weighted by molar-refractivity contribution is 0.0940. The molecule has 1 aromatic carbocycles. The smallest absolute Gasteiger partial charge is 0.251 e. The molecule has 1 aromatic rings. The number of carbonyl (C=O) groups excluding carboxylic acids is 1. The third-order valence-electron chi connectivity index (χ3n) is 2.29. The van der Waals surface area contributed by atoms with E-state index in [4.69, 9.17) is 0 Å². The van der Waals surface area contributed by atoms with Crippen LogP contribution >= 0.6 is 0 Å². The maximum Gasteiger partial charge on any atom is 0.251 e. The highest BCUT2D eigenvalue weighted by Gasteiger charge is 2.08. The molecule has 1 rings (SSSR count). The first-order chi connectivity index (χ1) is 7.74. The van der Waals surface area contributed by atoms with Crippen LogP contribution in [-0.4, -0.2) is 25.0 Å². The molecule has 0 spiro atoms. The number of rotatable bonds is 6. The van der Waals surface area contributed by atoms with E-state index in [2.05, 4.69) is 17.6 Å². The summed E-state index contributed by atoms with van der Waals surface area (Å²) in [6, 6.07) is 9.44. The highest BCUT2D eigenvalue weighted by atomic mass is 16.1. The van der Waals surface area contributed by atoms with Crippen molar-refractivity contribution in [2.75, 3.05) is 13.1 Å². The van der Waals surface area contributed by atoms with E-state index < -0.39 is 0 Å². The second kappa shape index (κ2) is 7.01. The predicted molar refractivity (Wildman–Crippen MR) is 66.5 cm³/mol. The summed E-state index contributed by atoms with van der Waals surface area (Å²) >= 11 is 0. The number of nitrogens with one attached hydrogen (secondary N) is 2. The van der Waals surface area contributed by atoms with Gasteiger partial charge in [0.05, 0.1) is 0 Å². The highest BCUT2D eigenvalue weighted by Crippen LogP contribution is 1.98. The van der Waals surface area contributed by atoms with Crippen LogP contribution in [0.3, 0.4) is 0 Å². The van der Waals surface area contributed by atoms with Crippen molar-refractivity contribution in [2.45, 2.75) is 26.3 Å². The van der Waals surface area contributed by atoms with Crippen molar-refractivity contribution in [1.82, 2.24) is 10.6 Å². The lowest BCUT2D eigenvalue weighted by Crippen LogP contribution is -2.40. The van der Waals surface area contributed by atoms with Gasteiger partial charge in [0, 0.05) is 18.2 Å². The Kier molecular flexibility index (Phi) is 5.57. The molecular weight excluding hydrogens is 200 g/mol. The zero-order valence-corrected chi connectivity index (χ0v) is 9.99. The Morgan fingerprint density at radius 2 is 2.00 bits per heavy atom. The average molecular weight is 220 g/mol. The molecule has 0 heterocycles. The predicted octanol–water partition coefficient (Wildman–Crippen LogP) is 1.80. The highest BCUT2D eigenvalue weighted by molar-refractivity contribution is 5.94. The molecule has 1 atom stereocenters. The van der Waals surface area contributed by atoms with Gasteiger partial charge in [-0.15, -0.1) is 0 Å². The van der Waals surface area contributed by atoms with Gasteiger partial charge in [0.1, 0.15) is 0 Å². The van der Waals surface area contributed by atoms with Gasteiger partial charge in [0.25, 0.3) is 5.91 Å². The average Bonchev–Trinajstić information content (AvgIpc) is 2.30. The van der Waals surface area contributed by atoms with Crippen LogP contribution in [-0.2, 0) is 0 Å². The fourth-order valence-electron chi connectivity index (χ4n) is 1.44. The van der Waals surface area contributed by atoms with E-state index in [1.54, 1.807) is 0 Å². The van der Waals surface area contributed by atoms with Crippen molar-refractivity contribution in [3.05, 3.63) is 35.9 Å². The van der Waals surface area contributed by atoms with Crippen LogP contribution in [0.1, 0.15) is 30.6 Å². The summed E-state index contributed by atoms with van der Waals surface area (Å²) in [7, 11) is 0. The molecule has 88 valence electrons. The van der Waals surface area contributed by atoms with E-state index in [0.29, 0.717) is 5.56 Å². The number of amides is 1. The molecule has 3 heteroatoms. The van der Waals surface area contributed by atoms with Crippen LogP contribution in [0.2, 0.25) is 0 Å². The van der Waals surface area contributed by atoms with Crippen molar-refractivity contribution in [1.29, 1.82) is 0 Å². The molecule has 0 aliphatic rings. The standard InChI is InChI=1S/C13H20N2O/c1-3-9-14-10-11(2)15-13(16)12-7-5-4-6-8-12/h4-8,11,14H,3,9-10H2,1-2H3,(H,15,16)/t11-/m1/s1. The minimum absolute atomic E-state index is 0.00796. The van der Waals surface area contributed by atoms with Gasteiger partial charge in [-0.3, -0.25) is 4.79 Å². The zero-order chi connectivity index (χ0) is 11.8. The molecule has 16 heavy (non-hydrogen) atoms. The first-order valence-electron chi connectivity index (χ1n) is 5.80. The first-order valence-corrected chi connectivity index (χ1v) is 5.80. The summed E-state index contributed by atoms with van der Waals surface area (Å²) in [5, 5.41) is 6.23. The zero-order valence-electron chi connectivity index (χ0n) is 9.99. The van der Waals surface area contributed by atoms with E-state index in [0.717, 1.165) is 19.5 Å². The summed E-state index contributed by atoms with van der Waals surface area (Å²) in [4.78, 5) is 11.7. The fraction of sp³-hybridized carbons (Fsp3) is 0.462. The lowest BCUT2D eigenvalue weighted by Gasteiger charge is -2.14. The SMILES string of the molecule is CCCNC[C@@H](C)NC(=O)c1ccccc1. The Morgan fingerprint density at radius 1 is 1.31 bits per heavy atom. The molecule has 0 aliphatic carbocycles. The van der Waals surface area contributed by atoms with Crippen LogP contribution < -0.4 is 10.6 Å². The minimum Gasteiger partial charge on any atom is -0.348 e. The first kappa shape index (κ1) is 12.7. The normalized spacial score (nSPS) is 12.1. The molecule has 0 aromatic heterocycles. The van der Waals surface area contributed by atoms with Crippen LogP contribution in [0.15, 0.2) is 30.3 Å². The van der Waals surface area contributed by atoms with E-state index in [9.17, 15) is 4.79 Å². The van der Waals surface area contributed by atoms with E-state index in [-0.39, 0.29) is 11.9 Å². The Labute approximate surface area is 97.2 Å². The van der Waals surface area contributed by atoms with E-state index in [1.807, 2.05) is 37.3 Å². The Hall–Kier alpha value is -1.35. The molecule has 1 amide bonds. The van der Waals surface area contributed by atoms with Crippen LogP contribution in [0.4, 0.5) is 0 Å². The molecule has 0 fully saturated rings. The molecule has 2 N–H and O–H groups in total. The Bertz CT molecular complexity index is 311. The van der Waals surface area contributed by atoms with Crippen molar-refractivity contribution in [2.24, 2.45) is 0 Å². The second-order valence-electron chi connectivity index (χ2n) is 3.94. The second-order valence-corrected chi connectivity index (χ2v) is 3.94. The van der Waals surface area contributed by atoms with Gasteiger partial charge < -0.3 is 10.6 Å². The molecular formula is C13H20N2O. The molecule has 0 unspecified atom stereocenters. The minimum atomic E-state index is -0.00796. The van der Waals surface area contributed by atoms with Crippen LogP contribution in [0, 0.1) is 0 Å². The largest absolute Gasteiger partial charge is 0.348 e. The maximum absolute atomic E-state index is 11.7. The number of hydrogen-bond donors (Lipinski definition) is 2. The van der Waals surface area contributed by atoms with Gasteiger partial charge in [-0.25, -0.2) is 0 Å². The van der Waals surface area contributed by atoms with Crippen LogP contribution in [0.5, 0.6) is 0 Å². The quantitative estimate of drug-likeness (QED) is 0.718. The van der Waals surface area contributed by atoms with E-state index in [1.165, 1.54) is 0 Å². The topological polar surface area (TPSA) is 41.1 Å². The lowest BCUT2D eigenvalue weighted by atomic mass is 10.2. The van der Waals surface area contributed by atoms with Crippen molar-refractivity contribution in [3.63, 3.8) is 0 Å². The summed E-state index contributed by atoms with van der Waals surface area (Å²) in [5.74, 6) is -0.00796. The molecule has 0 saturated heterocycles. The van der Waals surface area contributed by atoms with Gasteiger partial charge >= 0.3 is 0 Å². The third-order valence-corrected chi connectivity index (χ3v) is 2.29. The van der Waals surface area contributed by atoms with Gasteiger partial charge in [-0.1, -0.05) is 25.1 Å². The number of hydrogen-bond acceptors (Lipinski definition) is 2. The van der Waals surface area contributed by atoms with Crippen molar-refractivity contribution < 1.29 is 4.79 Å². The molecule has 0 bridgehead atoms. The fourth-order valence-corrected chi connectivity index (χ4v) is 1.44. The van der Waals surface area contributed by atoms with Crippen LogP contribution in [0.25, 0.3) is 0 Å². The summed E-state index contributed by atoms with van der Waals surface area (Å²) in [6.07, 6.45) is 1.11. The molecule has 0 radical (unpaired) electrons. The Morgan fingerprint density at radius 3 is 2.62 bits per heavy atom. The molecule has 0 saturated carbocycles. The summed E-state index contributed by atoms with van der Waals surface area (Å²) in [6.45, 7) is 5.93.